The van der Waals surface area contributed by atoms with Crippen molar-refractivity contribution in [2.45, 2.75) is 19.8 Å². The van der Waals surface area contributed by atoms with Crippen molar-refractivity contribution in [3.63, 3.8) is 0 Å². The van der Waals surface area contributed by atoms with Crippen molar-refractivity contribution >= 4 is 17.6 Å². The van der Waals surface area contributed by atoms with E-state index in [2.05, 4.69) is 4.90 Å². The lowest BCUT2D eigenvalue weighted by Gasteiger charge is -2.33. The molecule has 2 aromatic carbocycles. The highest BCUT2D eigenvalue weighted by atomic mass is 19.1. The third-order valence-electron chi connectivity index (χ3n) is 5.81. The number of aryl methyl sites for hydroxylation is 1. The summed E-state index contributed by atoms with van der Waals surface area (Å²) in [6, 6.07) is 11.0. The fourth-order valence-corrected chi connectivity index (χ4v) is 4.09. The molecule has 2 amide bonds. The molecule has 0 aromatic heterocycles. The summed E-state index contributed by atoms with van der Waals surface area (Å²) in [5.41, 5.74) is 2.46. The summed E-state index contributed by atoms with van der Waals surface area (Å²) in [5, 5.41) is 0. The summed E-state index contributed by atoms with van der Waals surface area (Å²) in [5.74, 6) is -0.568. The zero-order valence-corrected chi connectivity index (χ0v) is 16.4. The van der Waals surface area contributed by atoms with Crippen LogP contribution in [0, 0.1) is 18.7 Å². The quantitative estimate of drug-likeness (QED) is 0.577. The molecule has 150 valence electrons. The van der Waals surface area contributed by atoms with E-state index in [1.807, 2.05) is 13.0 Å². The third kappa shape index (κ3) is 3.98. The first kappa shape index (κ1) is 19.5. The van der Waals surface area contributed by atoms with Gasteiger partial charge in [0.15, 0.2) is 5.78 Å². The lowest BCUT2D eigenvalue weighted by molar-refractivity contribution is 0.0598. The topological polar surface area (TPSA) is 57.7 Å². The van der Waals surface area contributed by atoms with Crippen molar-refractivity contribution in [1.82, 2.24) is 9.80 Å². The van der Waals surface area contributed by atoms with E-state index in [4.69, 9.17) is 0 Å². The van der Waals surface area contributed by atoms with E-state index in [9.17, 15) is 18.8 Å². The highest BCUT2D eigenvalue weighted by Crippen LogP contribution is 2.27. The minimum Gasteiger partial charge on any atom is -0.296 e. The molecule has 0 N–H and O–H groups in total. The molecule has 0 atom stereocenters. The summed E-state index contributed by atoms with van der Waals surface area (Å²) < 4.78 is 13.0. The first-order chi connectivity index (χ1) is 13.9. The molecule has 29 heavy (non-hydrogen) atoms. The Morgan fingerprint density at radius 1 is 1.00 bits per heavy atom. The molecule has 0 unspecified atom stereocenters. The van der Waals surface area contributed by atoms with Crippen LogP contribution in [0.5, 0.6) is 0 Å². The monoisotopic (exact) mass is 394 g/mol. The van der Waals surface area contributed by atoms with Crippen LogP contribution in [0.1, 0.15) is 49.5 Å². The smallest absolute Gasteiger partial charge is 0.261 e. The Hall–Kier alpha value is -2.86. The Bertz CT molecular complexity index is 963. The van der Waals surface area contributed by atoms with Crippen molar-refractivity contribution in [3.8, 4) is 0 Å². The zero-order chi connectivity index (χ0) is 20.5. The SMILES string of the molecule is Cc1ccc2c(c1)C(=O)N(CC1CCN(CC(=O)c3ccc(F)cc3)CC1)C2=O. The molecule has 2 aliphatic rings. The molecule has 0 saturated carbocycles. The maximum absolute atomic E-state index is 13.0. The van der Waals surface area contributed by atoms with Crippen molar-refractivity contribution in [2.24, 2.45) is 5.92 Å². The normalized spacial score (nSPS) is 17.7. The van der Waals surface area contributed by atoms with Crippen molar-refractivity contribution < 1.29 is 18.8 Å². The number of amides is 2. The van der Waals surface area contributed by atoms with Gasteiger partial charge in [-0.25, -0.2) is 4.39 Å². The van der Waals surface area contributed by atoms with Gasteiger partial charge in [0.05, 0.1) is 17.7 Å². The highest BCUT2D eigenvalue weighted by Gasteiger charge is 2.37. The number of rotatable bonds is 5. The Balaban J connectivity index is 1.31. The van der Waals surface area contributed by atoms with Crippen LogP contribution in [-0.4, -0.2) is 53.6 Å². The third-order valence-corrected chi connectivity index (χ3v) is 5.81. The Labute approximate surface area is 169 Å². The first-order valence-corrected chi connectivity index (χ1v) is 9.90. The van der Waals surface area contributed by atoms with Gasteiger partial charge in [-0.1, -0.05) is 11.6 Å². The van der Waals surface area contributed by atoms with Gasteiger partial charge in [0.2, 0.25) is 0 Å². The zero-order valence-electron chi connectivity index (χ0n) is 16.4. The standard InChI is InChI=1S/C23H23FN2O3/c1-15-2-7-19-20(12-15)23(29)26(22(19)28)13-16-8-10-25(11-9-16)14-21(27)17-3-5-18(24)6-4-17/h2-7,12,16H,8-11,13-14H2,1H3. The lowest BCUT2D eigenvalue weighted by atomic mass is 9.95. The fourth-order valence-electron chi connectivity index (χ4n) is 4.09. The minimum absolute atomic E-state index is 0.0285. The number of halogens is 1. The molecular weight excluding hydrogens is 371 g/mol. The van der Waals surface area contributed by atoms with Gasteiger partial charge in [0.1, 0.15) is 5.82 Å². The van der Waals surface area contributed by atoms with Crippen LogP contribution in [0.4, 0.5) is 4.39 Å². The van der Waals surface area contributed by atoms with Gasteiger partial charge in [-0.15, -0.1) is 0 Å². The first-order valence-electron chi connectivity index (χ1n) is 9.90. The fraction of sp³-hybridized carbons (Fsp3) is 0.348. The minimum atomic E-state index is -0.356. The average molecular weight is 394 g/mol. The maximum atomic E-state index is 13.0. The van der Waals surface area contributed by atoms with Crippen LogP contribution in [0.15, 0.2) is 42.5 Å². The molecule has 0 bridgehead atoms. The number of hydrogen-bond acceptors (Lipinski definition) is 4. The molecular formula is C23H23FN2O3. The second-order valence-corrected chi connectivity index (χ2v) is 7.92. The number of piperidine rings is 1. The number of ketones is 1. The van der Waals surface area contributed by atoms with Gasteiger partial charge in [-0.2, -0.15) is 0 Å². The van der Waals surface area contributed by atoms with Crippen LogP contribution in [0.3, 0.4) is 0 Å². The Morgan fingerprint density at radius 3 is 2.34 bits per heavy atom. The second-order valence-electron chi connectivity index (χ2n) is 7.92. The maximum Gasteiger partial charge on any atom is 0.261 e. The predicted octanol–water partition coefficient (Wildman–Crippen LogP) is 3.33. The molecule has 4 rings (SSSR count). The van der Waals surface area contributed by atoms with E-state index >= 15 is 0 Å². The summed E-state index contributed by atoms with van der Waals surface area (Å²) in [4.78, 5) is 41.1. The van der Waals surface area contributed by atoms with Crippen molar-refractivity contribution in [2.75, 3.05) is 26.2 Å². The van der Waals surface area contributed by atoms with Crippen LogP contribution >= 0.6 is 0 Å². The van der Waals surface area contributed by atoms with E-state index < -0.39 is 0 Å². The molecule has 1 saturated heterocycles. The summed E-state index contributed by atoms with van der Waals surface area (Å²) >= 11 is 0. The van der Waals surface area contributed by atoms with E-state index in [0.717, 1.165) is 31.5 Å². The van der Waals surface area contributed by atoms with Crippen LogP contribution in [0.2, 0.25) is 0 Å². The van der Waals surface area contributed by atoms with Gasteiger partial charge in [0, 0.05) is 12.1 Å². The van der Waals surface area contributed by atoms with Crippen molar-refractivity contribution in [3.05, 3.63) is 70.5 Å². The molecule has 0 spiro atoms. The second kappa shape index (κ2) is 7.87. The number of imide groups is 1. The number of benzene rings is 2. The molecule has 2 aliphatic heterocycles. The van der Waals surface area contributed by atoms with Crippen molar-refractivity contribution in [1.29, 1.82) is 0 Å². The van der Waals surface area contributed by atoms with E-state index in [-0.39, 0.29) is 29.3 Å². The lowest BCUT2D eigenvalue weighted by Crippen LogP contribution is -2.42. The Morgan fingerprint density at radius 2 is 1.66 bits per heavy atom. The molecule has 2 heterocycles. The van der Waals surface area contributed by atoms with Gasteiger partial charge in [-0.05, 0) is 75.2 Å². The Kier molecular flexibility index (Phi) is 5.28. The van der Waals surface area contributed by atoms with Gasteiger partial charge < -0.3 is 0 Å². The van der Waals surface area contributed by atoms with Gasteiger partial charge in [-0.3, -0.25) is 24.2 Å². The largest absolute Gasteiger partial charge is 0.296 e. The number of carbonyl (C=O) groups excluding carboxylic acids is 3. The molecule has 2 aromatic rings. The number of nitrogens with zero attached hydrogens (tertiary/aromatic N) is 2. The molecule has 1 fully saturated rings. The number of hydrogen-bond donors (Lipinski definition) is 0. The number of likely N-dealkylation sites (tertiary alicyclic amines) is 1. The van der Waals surface area contributed by atoms with Gasteiger partial charge in [0.25, 0.3) is 11.8 Å². The predicted molar refractivity (Wildman–Crippen MR) is 106 cm³/mol. The van der Waals surface area contributed by atoms with Crippen LogP contribution in [-0.2, 0) is 0 Å². The summed E-state index contributed by atoms with van der Waals surface area (Å²) in [7, 11) is 0. The van der Waals surface area contributed by atoms with Gasteiger partial charge >= 0.3 is 0 Å². The number of Topliss-reactive ketones (excluding diaryl/α,β-unsaturated/α-hetero) is 1. The van der Waals surface area contributed by atoms with E-state index in [1.54, 1.807) is 12.1 Å². The highest BCUT2D eigenvalue weighted by molar-refractivity contribution is 6.21. The summed E-state index contributed by atoms with van der Waals surface area (Å²) in [6.45, 7) is 4.10. The molecule has 5 nitrogen and oxygen atoms in total. The van der Waals surface area contributed by atoms with E-state index in [0.29, 0.717) is 29.8 Å². The number of carbonyl (C=O) groups is 3. The van der Waals surface area contributed by atoms with E-state index in [1.165, 1.54) is 29.2 Å². The molecule has 6 heteroatoms. The van der Waals surface area contributed by atoms with Crippen LogP contribution < -0.4 is 0 Å². The molecule has 0 aliphatic carbocycles. The average Bonchev–Trinajstić information content (AvgIpc) is 2.94. The molecule has 0 radical (unpaired) electrons. The number of fused-ring (bicyclic) bond motifs is 1. The van der Waals surface area contributed by atoms with Crippen LogP contribution in [0.25, 0.3) is 0 Å². The summed E-state index contributed by atoms with van der Waals surface area (Å²) in [6.07, 6.45) is 1.65.